The Balaban J connectivity index is 2.53. The molecule has 0 aliphatic heterocycles. The maximum atomic E-state index is 11.7. The van der Waals surface area contributed by atoms with Gasteiger partial charge in [-0.3, -0.25) is 0 Å². The number of hydrogen-bond donors (Lipinski definition) is 2. The number of ether oxygens (including phenoxy) is 1. The Hall–Kier alpha value is -2.77. The fraction of sp³-hybridized carbons (Fsp3) is 0.286. The molecule has 3 N–H and O–H groups in total. The summed E-state index contributed by atoms with van der Waals surface area (Å²) in [6.45, 7) is 1.03. The van der Waals surface area contributed by atoms with E-state index in [-0.39, 0.29) is 17.1 Å². The SMILES string of the molecule is COCCNc1cccc(-c2nc(S(C)(=O)=O)nc(N)c2C#N)n1. The molecule has 0 atom stereocenters. The minimum atomic E-state index is -3.68. The zero-order chi connectivity index (χ0) is 17.7. The molecule has 9 nitrogen and oxygen atoms in total. The Bertz CT molecular complexity index is 892. The zero-order valence-corrected chi connectivity index (χ0v) is 14.0. The molecular weight excluding hydrogens is 332 g/mol. The number of sulfone groups is 1. The average Bonchev–Trinajstić information content (AvgIpc) is 2.54. The minimum absolute atomic E-state index is 0.0241. The predicted octanol–water partition coefficient (Wildman–Crippen LogP) is 0.454. The number of anilines is 2. The van der Waals surface area contributed by atoms with Crippen LogP contribution in [0, 0.1) is 11.3 Å². The number of hydrogen-bond acceptors (Lipinski definition) is 9. The average molecular weight is 348 g/mol. The van der Waals surface area contributed by atoms with E-state index in [0.29, 0.717) is 24.7 Å². The smallest absolute Gasteiger partial charge is 0.249 e. The molecule has 10 heteroatoms. The highest BCUT2D eigenvalue weighted by Gasteiger charge is 2.20. The highest BCUT2D eigenvalue weighted by atomic mass is 32.2. The summed E-state index contributed by atoms with van der Waals surface area (Å²) in [6.07, 6.45) is 0.966. The van der Waals surface area contributed by atoms with Gasteiger partial charge in [-0.1, -0.05) is 6.07 Å². The van der Waals surface area contributed by atoms with Gasteiger partial charge in [0.25, 0.3) is 0 Å². The van der Waals surface area contributed by atoms with Crippen LogP contribution in [-0.2, 0) is 14.6 Å². The second-order valence-electron chi connectivity index (χ2n) is 4.83. The monoisotopic (exact) mass is 348 g/mol. The standard InChI is InChI=1S/C14H16N6O3S/c1-23-7-6-17-11-5-3-4-10(18-11)12-9(8-15)13(16)20-14(19-12)24(2,21)22/h3-5H,6-7H2,1-2H3,(H,17,18)(H2,16,19,20). The molecule has 0 bridgehead atoms. The highest BCUT2D eigenvalue weighted by molar-refractivity contribution is 7.90. The lowest BCUT2D eigenvalue weighted by atomic mass is 10.1. The molecule has 0 aliphatic rings. The molecule has 2 heterocycles. The fourth-order valence-electron chi connectivity index (χ4n) is 1.86. The van der Waals surface area contributed by atoms with Crippen molar-refractivity contribution in [1.82, 2.24) is 15.0 Å². The summed E-state index contributed by atoms with van der Waals surface area (Å²) in [5, 5.41) is 11.9. The first-order valence-electron chi connectivity index (χ1n) is 6.84. The van der Waals surface area contributed by atoms with Crippen LogP contribution >= 0.6 is 0 Å². The second-order valence-corrected chi connectivity index (χ2v) is 6.74. The van der Waals surface area contributed by atoms with Crippen LogP contribution in [0.25, 0.3) is 11.4 Å². The molecule has 0 amide bonds. The topological polar surface area (TPSA) is 144 Å². The Morgan fingerprint density at radius 2 is 2.08 bits per heavy atom. The van der Waals surface area contributed by atoms with Crippen molar-refractivity contribution in [3.05, 3.63) is 23.8 Å². The third-order valence-electron chi connectivity index (χ3n) is 2.96. The lowest BCUT2D eigenvalue weighted by Gasteiger charge is -2.09. The van der Waals surface area contributed by atoms with Crippen LogP contribution in [0.2, 0.25) is 0 Å². The van der Waals surface area contributed by atoms with Gasteiger partial charge in [-0.15, -0.1) is 0 Å². The summed E-state index contributed by atoms with van der Waals surface area (Å²) < 4.78 is 28.3. The molecule has 0 radical (unpaired) electrons. The normalized spacial score (nSPS) is 11.0. The van der Waals surface area contributed by atoms with Gasteiger partial charge in [0.1, 0.15) is 29.0 Å². The van der Waals surface area contributed by atoms with Crippen molar-refractivity contribution < 1.29 is 13.2 Å². The molecule has 0 spiro atoms. The molecule has 0 saturated heterocycles. The maximum absolute atomic E-state index is 11.7. The number of nitrogens with zero attached hydrogens (tertiary/aromatic N) is 4. The summed E-state index contributed by atoms with van der Waals surface area (Å²) in [5.41, 5.74) is 6.06. The first-order valence-corrected chi connectivity index (χ1v) is 8.74. The summed E-state index contributed by atoms with van der Waals surface area (Å²) in [4.78, 5) is 12.0. The molecule has 2 aromatic heterocycles. The number of rotatable bonds is 6. The Labute approximate surface area is 139 Å². The quantitative estimate of drug-likeness (QED) is 0.561. The number of nitrogens with two attached hydrogens (primary N) is 1. The van der Waals surface area contributed by atoms with Gasteiger partial charge in [-0.25, -0.2) is 18.4 Å². The predicted molar refractivity (Wildman–Crippen MR) is 87.9 cm³/mol. The number of aromatic nitrogens is 3. The highest BCUT2D eigenvalue weighted by Crippen LogP contribution is 2.25. The van der Waals surface area contributed by atoms with E-state index >= 15 is 0 Å². The van der Waals surface area contributed by atoms with E-state index in [1.807, 2.05) is 6.07 Å². The molecule has 0 aromatic carbocycles. The molecule has 2 rings (SSSR count). The van der Waals surface area contributed by atoms with Crippen molar-refractivity contribution in [2.24, 2.45) is 0 Å². The largest absolute Gasteiger partial charge is 0.383 e. The maximum Gasteiger partial charge on any atom is 0.249 e. The lowest BCUT2D eigenvalue weighted by Crippen LogP contribution is -2.11. The van der Waals surface area contributed by atoms with Crippen molar-refractivity contribution in [3.63, 3.8) is 0 Å². The minimum Gasteiger partial charge on any atom is -0.383 e. The van der Waals surface area contributed by atoms with Crippen molar-refractivity contribution >= 4 is 21.5 Å². The molecule has 24 heavy (non-hydrogen) atoms. The molecule has 0 fully saturated rings. The summed E-state index contributed by atoms with van der Waals surface area (Å²) >= 11 is 0. The molecular formula is C14H16N6O3S. The van der Waals surface area contributed by atoms with Crippen molar-refractivity contribution in [1.29, 1.82) is 5.26 Å². The van der Waals surface area contributed by atoms with E-state index in [1.54, 1.807) is 25.3 Å². The number of nitrogen functional groups attached to an aromatic ring is 1. The number of pyridine rings is 1. The Morgan fingerprint density at radius 1 is 1.33 bits per heavy atom. The van der Waals surface area contributed by atoms with Gasteiger partial charge < -0.3 is 15.8 Å². The van der Waals surface area contributed by atoms with E-state index < -0.39 is 15.0 Å². The van der Waals surface area contributed by atoms with Crippen molar-refractivity contribution in [2.75, 3.05) is 37.6 Å². The first kappa shape index (κ1) is 17.6. The van der Waals surface area contributed by atoms with Crippen LogP contribution < -0.4 is 11.1 Å². The number of nitriles is 1. The third kappa shape index (κ3) is 3.95. The summed E-state index contributed by atoms with van der Waals surface area (Å²) in [6, 6.07) is 6.93. The number of methoxy groups -OCH3 is 1. The Morgan fingerprint density at radius 3 is 2.71 bits per heavy atom. The first-order chi connectivity index (χ1) is 11.4. The van der Waals surface area contributed by atoms with Crippen LogP contribution in [0.5, 0.6) is 0 Å². The summed E-state index contributed by atoms with van der Waals surface area (Å²) in [7, 11) is -2.10. The molecule has 126 valence electrons. The van der Waals surface area contributed by atoms with E-state index in [0.717, 1.165) is 6.26 Å². The third-order valence-corrected chi connectivity index (χ3v) is 3.81. The van der Waals surface area contributed by atoms with Gasteiger partial charge in [-0.2, -0.15) is 10.2 Å². The van der Waals surface area contributed by atoms with Crippen molar-refractivity contribution in [3.8, 4) is 17.5 Å². The van der Waals surface area contributed by atoms with Crippen LogP contribution in [-0.4, -0.2) is 49.9 Å². The van der Waals surface area contributed by atoms with Gasteiger partial charge in [0.05, 0.1) is 12.3 Å². The van der Waals surface area contributed by atoms with Gasteiger partial charge >= 0.3 is 0 Å². The van der Waals surface area contributed by atoms with Gasteiger partial charge in [0, 0.05) is 19.9 Å². The molecule has 2 aromatic rings. The van der Waals surface area contributed by atoms with Crippen LogP contribution in [0.4, 0.5) is 11.6 Å². The van der Waals surface area contributed by atoms with Gasteiger partial charge in [0.2, 0.25) is 15.0 Å². The molecule has 0 unspecified atom stereocenters. The van der Waals surface area contributed by atoms with E-state index in [9.17, 15) is 13.7 Å². The molecule has 0 aliphatic carbocycles. The van der Waals surface area contributed by atoms with Crippen molar-refractivity contribution in [2.45, 2.75) is 5.16 Å². The summed E-state index contributed by atoms with van der Waals surface area (Å²) in [5.74, 6) is 0.328. The van der Waals surface area contributed by atoms with E-state index in [4.69, 9.17) is 10.5 Å². The van der Waals surface area contributed by atoms with Crippen LogP contribution in [0.1, 0.15) is 5.56 Å². The Kier molecular flexibility index (Phi) is 5.28. The molecule has 0 saturated carbocycles. The lowest BCUT2D eigenvalue weighted by molar-refractivity contribution is 0.210. The zero-order valence-electron chi connectivity index (χ0n) is 13.1. The van der Waals surface area contributed by atoms with E-state index in [1.165, 1.54) is 0 Å². The van der Waals surface area contributed by atoms with E-state index in [2.05, 4.69) is 20.3 Å². The van der Waals surface area contributed by atoms with Crippen LogP contribution in [0.3, 0.4) is 0 Å². The van der Waals surface area contributed by atoms with Crippen LogP contribution in [0.15, 0.2) is 23.4 Å². The second kappa shape index (κ2) is 7.20. The number of nitrogens with one attached hydrogen (secondary N) is 1. The van der Waals surface area contributed by atoms with Gasteiger partial charge in [-0.05, 0) is 12.1 Å². The fourth-order valence-corrected chi connectivity index (χ4v) is 2.39. The van der Waals surface area contributed by atoms with Gasteiger partial charge in [0.15, 0.2) is 0 Å².